The van der Waals surface area contributed by atoms with Crippen molar-refractivity contribution in [3.63, 3.8) is 0 Å². The van der Waals surface area contributed by atoms with Gasteiger partial charge in [-0.05, 0) is 30.2 Å². The maximum absolute atomic E-state index is 13.8. The molecule has 0 radical (unpaired) electrons. The molecule has 2 aromatic rings. The smallest absolute Gasteiger partial charge is 0.271 e. The van der Waals surface area contributed by atoms with E-state index >= 15 is 0 Å². The van der Waals surface area contributed by atoms with Crippen LogP contribution in [0.25, 0.3) is 0 Å². The lowest BCUT2D eigenvalue weighted by atomic mass is 10.0. The summed E-state index contributed by atoms with van der Waals surface area (Å²) in [7, 11) is 0. The summed E-state index contributed by atoms with van der Waals surface area (Å²) in [5.74, 6) is -0.506. The fourth-order valence-electron chi connectivity index (χ4n) is 2.07. The molecule has 1 N–H and O–H groups in total. The van der Waals surface area contributed by atoms with Crippen LogP contribution in [-0.4, -0.2) is 4.92 Å². The van der Waals surface area contributed by atoms with Gasteiger partial charge in [-0.15, -0.1) is 0 Å². The highest BCUT2D eigenvalue weighted by Crippen LogP contribution is 2.28. The Morgan fingerprint density at radius 1 is 1.33 bits per heavy atom. The number of anilines is 1. The SMILES string of the molecule is CCC(Nc1cc([N+](=O)[O-])ccc1F)c1cccc(Br)c1. The third kappa shape index (κ3) is 3.78. The van der Waals surface area contributed by atoms with Gasteiger partial charge in [-0.25, -0.2) is 4.39 Å². The quantitative estimate of drug-likeness (QED) is 0.604. The number of nitrogens with zero attached hydrogens (tertiary/aromatic N) is 1. The van der Waals surface area contributed by atoms with Crippen molar-refractivity contribution in [2.75, 3.05) is 5.32 Å². The monoisotopic (exact) mass is 352 g/mol. The normalized spacial score (nSPS) is 12.0. The van der Waals surface area contributed by atoms with Crippen LogP contribution < -0.4 is 5.32 Å². The molecule has 0 saturated heterocycles. The molecule has 0 saturated carbocycles. The lowest BCUT2D eigenvalue weighted by molar-refractivity contribution is -0.384. The number of non-ortho nitro benzene ring substituents is 1. The third-order valence-electron chi connectivity index (χ3n) is 3.15. The second-order valence-corrected chi connectivity index (χ2v) is 5.50. The van der Waals surface area contributed by atoms with Crippen molar-refractivity contribution in [3.8, 4) is 0 Å². The van der Waals surface area contributed by atoms with E-state index in [1.54, 1.807) is 0 Å². The second-order valence-electron chi connectivity index (χ2n) is 4.58. The van der Waals surface area contributed by atoms with Gasteiger partial charge in [0.2, 0.25) is 0 Å². The molecule has 0 aliphatic carbocycles. The van der Waals surface area contributed by atoms with Gasteiger partial charge in [0.25, 0.3) is 5.69 Å². The zero-order valence-electron chi connectivity index (χ0n) is 11.3. The molecule has 21 heavy (non-hydrogen) atoms. The second kappa shape index (κ2) is 6.67. The summed E-state index contributed by atoms with van der Waals surface area (Å²) in [5.41, 5.74) is 0.983. The van der Waals surface area contributed by atoms with Crippen molar-refractivity contribution in [2.45, 2.75) is 19.4 Å². The molecule has 2 rings (SSSR count). The summed E-state index contributed by atoms with van der Waals surface area (Å²) in [5, 5.41) is 13.8. The Morgan fingerprint density at radius 3 is 2.71 bits per heavy atom. The molecule has 110 valence electrons. The van der Waals surface area contributed by atoms with E-state index in [2.05, 4.69) is 21.2 Å². The van der Waals surface area contributed by atoms with Crippen molar-refractivity contribution in [1.29, 1.82) is 0 Å². The Hall–Kier alpha value is -1.95. The van der Waals surface area contributed by atoms with E-state index in [0.717, 1.165) is 28.6 Å². The highest BCUT2D eigenvalue weighted by Gasteiger charge is 2.15. The number of halogens is 2. The van der Waals surface area contributed by atoms with E-state index in [-0.39, 0.29) is 17.4 Å². The third-order valence-corrected chi connectivity index (χ3v) is 3.64. The van der Waals surface area contributed by atoms with Crippen LogP contribution >= 0.6 is 15.9 Å². The summed E-state index contributed by atoms with van der Waals surface area (Å²) in [6.45, 7) is 1.97. The molecule has 0 amide bonds. The summed E-state index contributed by atoms with van der Waals surface area (Å²) in [6.07, 6.45) is 0.721. The van der Waals surface area contributed by atoms with Gasteiger partial charge in [0, 0.05) is 16.6 Å². The van der Waals surface area contributed by atoms with E-state index in [0.29, 0.717) is 0 Å². The number of rotatable bonds is 5. The van der Waals surface area contributed by atoms with Gasteiger partial charge in [0.1, 0.15) is 5.82 Å². The minimum Gasteiger partial charge on any atom is -0.376 e. The fourth-order valence-corrected chi connectivity index (χ4v) is 2.49. The maximum Gasteiger partial charge on any atom is 0.271 e. The summed E-state index contributed by atoms with van der Waals surface area (Å²) in [6, 6.07) is 11.0. The Bertz CT molecular complexity index is 664. The van der Waals surface area contributed by atoms with E-state index in [1.807, 2.05) is 31.2 Å². The van der Waals surface area contributed by atoms with Gasteiger partial charge in [0.15, 0.2) is 0 Å². The topological polar surface area (TPSA) is 55.2 Å². The number of nitro groups is 1. The lowest BCUT2D eigenvalue weighted by Gasteiger charge is -2.19. The van der Waals surface area contributed by atoms with Gasteiger partial charge < -0.3 is 5.32 Å². The first kappa shape index (κ1) is 15.4. The van der Waals surface area contributed by atoms with Crippen LogP contribution in [0, 0.1) is 15.9 Å². The average Bonchev–Trinajstić information content (AvgIpc) is 2.46. The standard InChI is InChI=1S/C15H14BrFN2O2/c1-2-14(10-4-3-5-11(16)8-10)18-15-9-12(19(20)21)6-7-13(15)17/h3-9,14,18H,2H2,1H3. The van der Waals surface area contributed by atoms with Crippen LogP contribution in [0.15, 0.2) is 46.9 Å². The number of nitrogens with one attached hydrogen (secondary N) is 1. The molecular weight excluding hydrogens is 339 g/mol. The average molecular weight is 353 g/mol. The first-order valence-corrected chi connectivity index (χ1v) is 7.26. The molecule has 0 spiro atoms. The van der Waals surface area contributed by atoms with E-state index in [9.17, 15) is 14.5 Å². The van der Waals surface area contributed by atoms with E-state index < -0.39 is 10.7 Å². The molecule has 1 atom stereocenters. The van der Waals surface area contributed by atoms with Crippen LogP contribution in [0.2, 0.25) is 0 Å². The van der Waals surface area contributed by atoms with Crippen molar-refractivity contribution in [2.24, 2.45) is 0 Å². The summed E-state index contributed by atoms with van der Waals surface area (Å²) < 4.78 is 14.8. The molecule has 0 aromatic heterocycles. The highest BCUT2D eigenvalue weighted by atomic mass is 79.9. The zero-order valence-corrected chi connectivity index (χ0v) is 12.9. The van der Waals surface area contributed by atoms with Crippen molar-refractivity contribution in [1.82, 2.24) is 0 Å². The maximum atomic E-state index is 13.8. The predicted octanol–water partition coefficient (Wildman–Crippen LogP) is 5.06. The van der Waals surface area contributed by atoms with Gasteiger partial charge >= 0.3 is 0 Å². The Balaban J connectivity index is 2.30. The van der Waals surface area contributed by atoms with Gasteiger partial charge in [-0.2, -0.15) is 0 Å². The first-order valence-electron chi connectivity index (χ1n) is 6.47. The van der Waals surface area contributed by atoms with Gasteiger partial charge in [-0.1, -0.05) is 35.0 Å². The number of nitro benzene ring substituents is 1. The van der Waals surface area contributed by atoms with Crippen LogP contribution in [0.4, 0.5) is 15.8 Å². The predicted molar refractivity (Wildman–Crippen MR) is 83.9 cm³/mol. The fraction of sp³-hybridized carbons (Fsp3) is 0.200. The van der Waals surface area contributed by atoms with Crippen LogP contribution in [0.1, 0.15) is 24.9 Å². The van der Waals surface area contributed by atoms with Crippen molar-refractivity contribution < 1.29 is 9.31 Å². The molecule has 0 aliphatic rings. The van der Waals surface area contributed by atoms with Crippen LogP contribution in [0.3, 0.4) is 0 Å². The first-order chi connectivity index (χ1) is 10.0. The number of hydrogen-bond acceptors (Lipinski definition) is 3. The Labute approximate surface area is 130 Å². The largest absolute Gasteiger partial charge is 0.376 e. The molecule has 2 aromatic carbocycles. The molecule has 6 heteroatoms. The molecule has 0 heterocycles. The minimum atomic E-state index is -0.537. The highest BCUT2D eigenvalue weighted by molar-refractivity contribution is 9.10. The Morgan fingerprint density at radius 2 is 2.10 bits per heavy atom. The summed E-state index contributed by atoms with van der Waals surface area (Å²) >= 11 is 3.40. The van der Waals surface area contributed by atoms with Gasteiger partial charge in [-0.3, -0.25) is 10.1 Å². The molecule has 0 aliphatic heterocycles. The lowest BCUT2D eigenvalue weighted by Crippen LogP contribution is -2.11. The minimum absolute atomic E-state index is 0.126. The number of benzene rings is 2. The Kier molecular flexibility index (Phi) is 4.90. The van der Waals surface area contributed by atoms with E-state index in [1.165, 1.54) is 6.07 Å². The molecular formula is C15H14BrFN2O2. The van der Waals surface area contributed by atoms with Crippen molar-refractivity contribution in [3.05, 3.63) is 68.4 Å². The van der Waals surface area contributed by atoms with Crippen molar-refractivity contribution >= 4 is 27.3 Å². The summed E-state index contributed by atoms with van der Waals surface area (Å²) in [4.78, 5) is 10.2. The zero-order chi connectivity index (χ0) is 15.4. The van der Waals surface area contributed by atoms with Crippen LogP contribution in [-0.2, 0) is 0 Å². The molecule has 1 unspecified atom stereocenters. The van der Waals surface area contributed by atoms with Crippen LogP contribution in [0.5, 0.6) is 0 Å². The number of hydrogen-bond donors (Lipinski definition) is 1. The molecule has 4 nitrogen and oxygen atoms in total. The van der Waals surface area contributed by atoms with E-state index in [4.69, 9.17) is 0 Å². The molecule has 0 fully saturated rings. The van der Waals surface area contributed by atoms with Gasteiger partial charge in [0.05, 0.1) is 16.7 Å². The molecule has 0 bridgehead atoms.